The second kappa shape index (κ2) is 7.39. The fourth-order valence-corrected chi connectivity index (χ4v) is 2.32. The predicted molar refractivity (Wildman–Crippen MR) is 73.3 cm³/mol. The van der Waals surface area contributed by atoms with Crippen molar-refractivity contribution in [2.24, 2.45) is 0 Å². The first kappa shape index (κ1) is 13.4. The summed E-state index contributed by atoms with van der Waals surface area (Å²) in [5.41, 5.74) is 2.98. The van der Waals surface area contributed by atoms with E-state index in [0.717, 1.165) is 38.5 Å². The van der Waals surface area contributed by atoms with Crippen LogP contribution in [-0.4, -0.2) is 33.4 Å². The van der Waals surface area contributed by atoms with Gasteiger partial charge in [-0.25, -0.2) is 0 Å². The Hall–Kier alpha value is -1.06. The maximum Gasteiger partial charge on any atom is 0.119 e. The number of rotatable bonds is 8. The minimum absolute atomic E-state index is 0.770. The molecule has 1 N–H and O–H groups in total. The highest BCUT2D eigenvalue weighted by atomic mass is 16.5. The second-order valence-electron chi connectivity index (χ2n) is 4.73. The average Bonchev–Trinajstić information content (AvgIpc) is 2.85. The topological polar surface area (TPSA) is 30.5 Å². The molecule has 3 heteroatoms. The van der Waals surface area contributed by atoms with Crippen LogP contribution in [0.3, 0.4) is 0 Å². The maximum atomic E-state index is 5.77. The van der Waals surface area contributed by atoms with Crippen molar-refractivity contribution in [1.29, 1.82) is 0 Å². The number of fused-ring (bicyclic) bond motifs is 1. The van der Waals surface area contributed by atoms with Crippen LogP contribution in [0.2, 0.25) is 0 Å². The number of hydrogen-bond acceptors (Lipinski definition) is 3. The van der Waals surface area contributed by atoms with Crippen LogP contribution in [0.25, 0.3) is 0 Å². The molecule has 0 aromatic heterocycles. The zero-order chi connectivity index (χ0) is 12.6. The Bertz CT molecular complexity index is 366. The molecule has 18 heavy (non-hydrogen) atoms. The summed E-state index contributed by atoms with van der Waals surface area (Å²) < 4.78 is 10.7. The van der Waals surface area contributed by atoms with E-state index in [2.05, 4.69) is 23.5 Å². The molecule has 0 atom stereocenters. The number of ether oxygens (including phenoxy) is 2. The number of aryl methyl sites for hydroxylation is 2. The van der Waals surface area contributed by atoms with Crippen LogP contribution in [-0.2, 0) is 17.6 Å². The molecule has 1 aliphatic carbocycles. The molecule has 0 heterocycles. The Kier molecular flexibility index (Phi) is 5.49. The van der Waals surface area contributed by atoms with E-state index in [9.17, 15) is 0 Å². The molecule has 0 saturated carbocycles. The van der Waals surface area contributed by atoms with Crippen molar-refractivity contribution in [3.8, 4) is 5.75 Å². The molecule has 1 aromatic carbocycles. The first-order chi connectivity index (χ1) is 8.90. The molecule has 0 unspecified atom stereocenters. The fourth-order valence-electron chi connectivity index (χ4n) is 2.32. The first-order valence-electron chi connectivity index (χ1n) is 6.84. The van der Waals surface area contributed by atoms with Gasteiger partial charge in [0.25, 0.3) is 0 Å². The summed E-state index contributed by atoms with van der Waals surface area (Å²) >= 11 is 0. The van der Waals surface area contributed by atoms with E-state index < -0.39 is 0 Å². The van der Waals surface area contributed by atoms with E-state index >= 15 is 0 Å². The normalized spacial score (nSPS) is 13.6. The van der Waals surface area contributed by atoms with E-state index in [1.807, 2.05) is 0 Å². The third-order valence-corrected chi connectivity index (χ3v) is 3.32. The van der Waals surface area contributed by atoms with Crippen LogP contribution in [0, 0.1) is 0 Å². The molecule has 0 bridgehead atoms. The lowest BCUT2D eigenvalue weighted by atomic mass is 10.1. The number of nitrogens with one attached hydrogen (secondary N) is 1. The van der Waals surface area contributed by atoms with E-state index in [4.69, 9.17) is 9.47 Å². The number of benzene rings is 1. The zero-order valence-electron chi connectivity index (χ0n) is 11.2. The molecular formula is C15H23NO2. The highest BCUT2D eigenvalue weighted by Crippen LogP contribution is 2.25. The standard InChI is InChI=1S/C15H23NO2/c1-17-11-9-16-8-3-10-18-15-7-6-13-4-2-5-14(13)12-15/h6-7,12,16H,2-5,8-11H2,1H3. The Morgan fingerprint density at radius 2 is 2.00 bits per heavy atom. The van der Waals surface area contributed by atoms with Gasteiger partial charge in [-0.05, 0) is 55.5 Å². The van der Waals surface area contributed by atoms with Gasteiger partial charge in [0.2, 0.25) is 0 Å². The molecule has 0 aliphatic heterocycles. The summed E-state index contributed by atoms with van der Waals surface area (Å²) in [6.07, 6.45) is 4.77. The molecule has 1 aromatic rings. The van der Waals surface area contributed by atoms with Crippen LogP contribution in [0.15, 0.2) is 18.2 Å². The molecule has 100 valence electrons. The number of hydrogen-bond donors (Lipinski definition) is 1. The van der Waals surface area contributed by atoms with Crippen LogP contribution < -0.4 is 10.1 Å². The Labute approximate surface area is 109 Å². The summed E-state index contributed by atoms with van der Waals surface area (Å²) in [5, 5.41) is 3.31. The van der Waals surface area contributed by atoms with Crippen molar-refractivity contribution >= 4 is 0 Å². The molecule has 0 radical (unpaired) electrons. The quantitative estimate of drug-likeness (QED) is 0.716. The molecule has 0 fully saturated rings. The summed E-state index contributed by atoms with van der Waals surface area (Å²) in [6, 6.07) is 6.53. The van der Waals surface area contributed by atoms with E-state index in [1.54, 1.807) is 7.11 Å². The van der Waals surface area contributed by atoms with Gasteiger partial charge in [-0.2, -0.15) is 0 Å². The Balaban J connectivity index is 1.62. The molecule has 1 aliphatic rings. The van der Waals surface area contributed by atoms with E-state index in [-0.39, 0.29) is 0 Å². The lowest BCUT2D eigenvalue weighted by Crippen LogP contribution is -2.21. The van der Waals surface area contributed by atoms with Crippen LogP contribution in [0.4, 0.5) is 0 Å². The van der Waals surface area contributed by atoms with Crippen molar-refractivity contribution in [2.45, 2.75) is 25.7 Å². The SMILES string of the molecule is COCCNCCCOc1ccc2c(c1)CCC2. The monoisotopic (exact) mass is 249 g/mol. The van der Waals surface area contributed by atoms with Crippen molar-refractivity contribution in [1.82, 2.24) is 5.32 Å². The van der Waals surface area contributed by atoms with Crippen molar-refractivity contribution < 1.29 is 9.47 Å². The fraction of sp³-hybridized carbons (Fsp3) is 0.600. The maximum absolute atomic E-state index is 5.77. The molecule has 0 saturated heterocycles. The minimum Gasteiger partial charge on any atom is -0.494 e. The first-order valence-corrected chi connectivity index (χ1v) is 6.84. The van der Waals surface area contributed by atoms with Gasteiger partial charge in [-0.3, -0.25) is 0 Å². The second-order valence-corrected chi connectivity index (χ2v) is 4.73. The Morgan fingerprint density at radius 3 is 2.89 bits per heavy atom. The lowest BCUT2D eigenvalue weighted by Gasteiger charge is -2.08. The molecular weight excluding hydrogens is 226 g/mol. The highest BCUT2D eigenvalue weighted by Gasteiger charge is 2.10. The molecule has 2 rings (SSSR count). The zero-order valence-corrected chi connectivity index (χ0v) is 11.2. The lowest BCUT2D eigenvalue weighted by molar-refractivity contribution is 0.198. The largest absolute Gasteiger partial charge is 0.494 e. The van der Waals surface area contributed by atoms with Crippen molar-refractivity contribution in [3.05, 3.63) is 29.3 Å². The van der Waals surface area contributed by atoms with Gasteiger partial charge in [0.15, 0.2) is 0 Å². The van der Waals surface area contributed by atoms with Crippen molar-refractivity contribution in [2.75, 3.05) is 33.4 Å². The molecule has 3 nitrogen and oxygen atoms in total. The van der Waals surface area contributed by atoms with Crippen molar-refractivity contribution in [3.63, 3.8) is 0 Å². The Morgan fingerprint density at radius 1 is 1.11 bits per heavy atom. The van der Waals surface area contributed by atoms with Crippen LogP contribution >= 0.6 is 0 Å². The summed E-state index contributed by atoms with van der Waals surface area (Å²) in [4.78, 5) is 0. The predicted octanol–water partition coefficient (Wildman–Crippen LogP) is 2.18. The van der Waals surface area contributed by atoms with E-state index in [0.29, 0.717) is 0 Å². The van der Waals surface area contributed by atoms with Gasteiger partial charge in [0, 0.05) is 13.7 Å². The van der Waals surface area contributed by atoms with Gasteiger partial charge < -0.3 is 14.8 Å². The van der Waals surface area contributed by atoms with Gasteiger partial charge in [0.05, 0.1) is 13.2 Å². The smallest absolute Gasteiger partial charge is 0.119 e. The van der Waals surface area contributed by atoms with Gasteiger partial charge in [-0.1, -0.05) is 6.07 Å². The number of methoxy groups -OCH3 is 1. The van der Waals surface area contributed by atoms with Crippen LogP contribution in [0.5, 0.6) is 5.75 Å². The summed E-state index contributed by atoms with van der Waals surface area (Å²) in [6.45, 7) is 3.44. The third kappa shape index (κ3) is 4.00. The van der Waals surface area contributed by atoms with E-state index in [1.165, 1.54) is 30.4 Å². The minimum atomic E-state index is 0.770. The third-order valence-electron chi connectivity index (χ3n) is 3.32. The highest BCUT2D eigenvalue weighted by molar-refractivity contribution is 5.38. The molecule has 0 spiro atoms. The van der Waals surface area contributed by atoms with Gasteiger partial charge in [-0.15, -0.1) is 0 Å². The summed E-state index contributed by atoms with van der Waals surface area (Å²) in [7, 11) is 1.72. The van der Waals surface area contributed by atoms with Gasteiger partial charge in [0.1, 0.15) is 5.75 Å². The average molecular weight is 249 g/mol. The molecule has 0 amide bonds. The van der Waals surface area contributed by atoms with Crippen LogP contribution in [0.1, 0.15) is 24.0 Å². The summed E-state index contributed by atoms with van der Waals surface area (Å²) in [5.74, 6) is 1.02. The van der Waals surface area contributed by atoms with Gasteiger partial charge >= 0.3 is 0 Å².